The molecule has 0 radical (unpaired) electrons. The highest BCUT2D eigenvalue weighted by atomic mass is 35.5. The second-order valence-corrected chi connectivity index (χ2v) is 7.26. The zero-order chi connectivity index (χ0) is 21.4. The molecule has 0 bridgehead atoms. The third kappa shape index (κ3) is 3.50. The van der Waals surface area contributed by atoms with Crippen LogP contribution in [-0.4, -0.2) is 30.0 Å². The number of benzene rings is 2. The first-order valence-electron chi connectivity index (χ1n) is 9.18. The Bertz CT molecular complexity index is 1130. The Balaban J connectivity index is 1.68. The van der Waals surface area contributed by atoms with Gasteiger partial charge in [-0.25, -0.2) is 18.7 Å². The molecule has 1 atom stereocenters. The maximum absolute atomic E-state index is 14.2. The molecule has 2 aromatic carbocycles. The van der Waals surface area contributed by atoms with Gasteiger partial charge in [0.25, 0.3) is 0 Å². The van der Waals surface area contributed by atoms with Crippen LogP contribution in [0.15, 0.2) is 36.4 Å². The fourth-order valence-corrected chi connectivity index (χ4v) is 3.95. The third-order valence-electron chi connectivity index (χ3n) is 5.14. The van der Waals surface area contributed by atoms with Gasteiger partial charge in [0.2, 0.25) is 0 Å². The van der Waals surface area contributed by atoms with E-state index < -0.39 is 17.6 Å². The second kappa shape index (κ2) is 7.99. The highest BCUT2D eigenvalue weighted by Crippen LogP contribution is 2.36. The van der Waals surface area contributed by atoms with E-state index in [-0.39, 0.29) is 34.3 Å². The summed E-state index contributed by atoms with van der Waals surface area (Å²) in [6.45, 7) is 0. The summed E-state index contributed by atoms with van der Waals surface area (Å²) in [7, 11) is 3.10. The average Bonchev–Trinajstić information content (AvgIpc) is 3.04. The number of halogens is 3. The number of methoxy groups -OCH3 is 2. The van der Waals surface area contributed by atoms with E-state index in [1.165, 1.54) is 6.07 Å². The van der Waals surface area contributed by atoms with Crippen molar-refractivity contribution in [2.75, 3.05) is 14.2 Å². The Labute approximate surface area is 176 Å². The lowest BCUT2D eigenvalue weighted by Gasteiger charge is -2.13. The van der Waals surface area contributed by atoms with Crippen LogP contribution in [0.2, 0.25) is 5.15 Å². The molecule has 0 fully saturated rings. The van der Waals surface area contributed by atoms with Crippen molar-refractivity contribution in [3.63, 3.8) is 0 Å². The van der Waals surface area contributed by atoms with E-state index in [4.69, 9.17) is 21.1 Å². The topological polar surface area (TPSA) is 61.3 Å². The zero-order valence-electron chi connectivity index (χ0n) is 16.2. The molecule has 154 valence electrons. The third-order valence-corrected chi connectivity index (χ3v) is 5.42. The number of Topliss-reactive ketones (excluding diaryl/α,β-unsaturated/α-hetero) is 1. The summed E-state index contributed by atoms with van der Waals surface area (Å²) in [5.41, 5.74) is 1.05. The average molecular weight is 431 g/mol. The van der Waals surface area contributed by atoms with Crippen LogP contribution >= 0.6 is 11.6 Å². The molecule has 1 unspecified atom stereocenters. The summed E-state index contributed by atoms with van der Waals surface area (Å²) in [6.07, 6.45) is 0.677. The SMILES string of the molecule is COc1ccc(CC2Cc3nc(-c4c(F)cccc4F)nc(Cl)c3C2=O)c(OC)c1. The van der Waals surface area contributed by atoms with Crippen molar-refractivity contribution >= 4 is 17.4 Å². The minimum atomic E-state index is -0.796. The lowest BCUT2D eigenvalue weighted by Crippen LogP contribution is -2.13. The van der Waals surface area contributed by atoms with Crippen molar-refractivity contribution in [1.29, 1.82) is 0 Å². The number of carbonyl (C=O) groups excluding carboxylic acids is 1. The lowest BCUT2D eigenvalue weighted by atomic mass is 9.95. The van der Waals surface area contributed by atoms with Crippen LogP contribution in [0.1, 0.15) is 21.6 Å². The first-order chi connectivity index (χ1) is 14.4. The van der Waals surface area contributed by atoms with Gasteiger partial charge in [0.1, 0.15) is 28.3 Å². The Morgan fingerprint density at radius 1 is 1.07 bits per heavy atom. The van der Waals surface area contributed by atoms with Crippen LogP contribution in [0, 0.1) is 17.6 Å². The monoisotopic (exact) mass is 430 g/mol. The number of aromatic nitrogens is 2. The van der Waals surface area contributed by atoms with Gasteiger partial charge < -0.3 is 9.47 Å². The molecule has 1 aliphatic carbocycles. The van der Waals surface area contributed by atoms with E-state index in [2.05, 4.69) is 9.97 Å². The first-order valence-corrected chi connectivity index (χ1v) is 9.56. The van der Waals surface area contributed by atoms with Crippen molar-refractivity contribution < 1.29 is 23.0 Å². The predicted molar refractivity (Wildman–Crippen MR) is 107 cm³/mol. The normalized spacial score (nSPS) is 15.2. The molecular weight excluding hydrogens is 414 g/mol. The molecule has 0 spiro atoms. The van der Waals surface area contributed by atoms with Gasteiger partial charge in [-0.3, -0.25) is 4.79 Å². The molecular formula is C22H17ClF2N2O3. The highest BCUT2D eigenvalue weighted by Gasteiger charge is 2.36. The summed E-state index contributed by atoms with van der Waals surface area (Å²) in [5.74, 6) is -1.16. The summed E-state index contributed by atoms with van der Waals surface area (Å²) >= 11 is 6.23. The van der Waals surface area contributed by atoms with Crippen molar-refractivity contribution in [3.8, 4) is 22.9 Å². The maximum Gasteiger partial charge on any atom is 0.171 e. The number of rotatable bonds is 5. The Kier molecular flexibility index (Phi) is 5.39. The summed E-state index contributed by atoms with van der Waals surface area (Å²) in [5, 5.41) is -0.105. The number of hydrogen-bond acceptors (Lipinski definition) is 5. The maximum atomic E-state index is 14.2. The Morgan fingerprint density at radius 2 is 1.80 bits per heavy atom. The number of carbonyl (C=O) groups is 1. The van der Waals surface area contributed by atoms with Crippen LogP contribution in [-0.2, 0) is 12.8 Å². The molecule has 8 heteroatoms. The van der Waals surface area contributed by atoms with Crippen molar-refractivity contribution in [2.24, 2.45) is 5.92 Å². The molecule has 1 aromatic heterocycles. The van der Waals surface area contributed by atoms with Crippen LogP contribution < -0.4 is 9.47 Å². The summed E-state index contributed by atoms with van der Waals surface area (Å²) in [6, 6.07) is 8.86. The van der Waals surface area contributed by atoms with Gasteiger partial charge in [-0.05, 0) is 30.2 Å². The Morgan fingerprint density at radius 3 is 2.47 bits per heavy atom. The van der Waals surface area contributed by atoms with E-state index in [0.717, 1.165) is 17.7 Å². The van der Waals surface area contributed by atoms with Crippen LogP contribution in [0.3, 0.4) is 0 Å². The molecule has 4 rings (SSSR count). The second-order valence-electron chi connectivity index (χ2n) is 6.90. The van der Waals surface area contributed by atoms with E-state index >= 15 is 0 Å². The predicted octanol–water partition coefficient (Wildman–Crippen LogP) is 4.69. The van der Waals surface area contributed by atoms with Crippen molar-refractivity contribution in [2.45, 2.75) is 12.8 Å². The van der Waals surface area contributed by atoms with Crippen LogP contribution in [0.5, 0.6) is 11.5 Å². The molecule has 0 saturated heterocycles. The molecule has 5 nitrogen and oxygen atoms in total. The molecule has 1 heterocycles. The van der Waals surface area contributed by atoms with E-state index in [1.54, 1.807) is 26.4 Å². The minimum Gasteiger partial charge on any atom is -0.497 e. The number of nitrogens with zero attached hydrogens (tertiary/aromatic N) is 2. The zero-order valence-corrected chi connectivity index (χ0v) is 17.0. The molecule has 0 amide bonds. The smallest absolute Gasteiger partial charge is 0.171 e. The Hall–Kier alpha value is -3.06. The van der Waals surface area contributed by atoms with E-state index in [0.29, 0.717) is 23.6 Å². The van der Waals surface area contributed by atoms with Gasteiger partial charge in [-0.15, -0.1) is 0 Å². The molecule has 30 heavy (non-hydrogen) atoms. The number of fused-ring (bicyclic) bond motifs is 1. The molecule has 0 aliphatic heterocycles. The van der Waals surface area contributed by atoms with Gasteiger partial charge >= 0.3 is 0 Å². The summed E-state index contributed by atoms with van der Waals surface area (Å²) < 4.78 is 38.9. The number of hydrogen-bond donors (Lipinski definition) is 0. The van der Waals surface area contributed by atoms with Gasteiger partial charge in [0, 0.05) is 18.4 Å². The number of ketones is 1. The summed E-state index contributed by atoms with van der Waals surface area (Å²) in [4.78, 5) is 21.2. The fourth-order valence-electron chi connectivity index (χ4n) is 3.67. The van der Waals surface area contributed by atoms with Gasteiger partial charge in [0.15, 0.2) is 11.6 Å². The van der Waals surface area contributed by atoms with Crippen molar-refractivity contribution in [3.05, 3.63) is 70.0 Å². The number of ether oxygens (including phenoxy) is 2. The largest absolute Gasteiger partial charge is 0.497 e. The van der Waals surface area contributed by atoms with Gasteiger partial charge in [-0.2, -0.15) is 0 Å². The minimum absolute atomic E-state index is 0.105. The first kappa shape index (κ1) is 20.2. The highest BCUT2D eigenvalue weighted by molar-refractivity contribution is 6.33. The van der Waals surface area contributed by atoms with Gasteiger partial charge in [-0.1, -0.05) is 23.7 Å². The fraction of sp³-hybridized carbons (Fsp3) is 0.227. The standard InChI is InChI=1S/C22H17ClF2N2O3/c1-29-13-7-6-11(17(10-13)30-2)8-12-9-16-19(20(12)28)21(23)27-22(26-16)18-14(24)4-3-5-15(18)25/h3-7,10,12H,8-9H2,1-2H3. The van der Waals surface area contributed by atoms with E-state index in [1.807, 2.05) is 6.07 Å². The van der Waals surface area contributed by atoms with Crippen LogP contribution in [0.4, 0.5) is 8.78 Å². The van der Waals surface area contributed by atoms with Gasteiger partial charge in [0.05, 0.1) is 31.0 Å². The van der Waals surface area contributed by atoms with Crippen LogP contribution in [0.25, 0.3) is 11.4 Å². The lowest BCUT2D eigenvalue weighted by molar-refractivity contribution is 0.0936. The molecule has 0 N–H and O–H groups in total. The molecule has 0 saturated carbocycles. The van der Waals surface area contributed by atoms with E-state index in [9.17, 15) is 13.6 Å². The van der Waals surface area contributed by atoms with Crippen molar-refractivity contribution in [1.82, 2.24) is 9.97 Å². The molecule has 1 aliphatic rings. The quantitative estimate of drug-likeness (QED) is 0.549. The molecule has 3 aromatic rings.